The molecule has 0 atom stereocenters. The molecule has 0 aliphatic carbocycles. The molecule has 2 aromatic carbocycles. The molecule has 0 aliphatic heterocycles. The first-order chi connectivity index (χ1) is 16.1. The van der Waals surface area contributed by atoms with Crippen LogP contribution in [0.25, 0.3) is 0 Å². The van der Waals surface area contributed by atoms with Gasteiger partial charge in [0.2, 0.25) is 11.8 Å². The van der Waals surface area contributed by atoms with Gasteiger partial charge in [-0.25, -0.2) is 0 Å². The molecule has 0 aliphatic rings. The van der Waals surface area contributed by atoms with Crippen molar-refractivity contribution in [2.75, 3.05) is 13.1 Å². The number of carbonyl (C=O) groups is 4. The van der Waals surface area contributed by atoms with Gasteiger partial charge in [-0.2, -0.15) is 0 Å². The van der Waals surface area contributed by atoms with Crippen LogP contribution in [0, 0.1) is 13.8 Å². The van der Waals surface area contributed by atoms with Gasteiger partial charge in [-0.3, -0.25) is 19.2 Å². The van der Waals surface area contributed by atoms with Gasteiger partial charge >= 0.3 is 11.9 Å². The third kappa shape index (κ3) is 9.44. The van der Waals surface area contributed by atoms with Gasteiger partial charge in [-0.15, -0.1) is 0 Å². The van der Waals surface area contributed by atoms with Crippen LogP contribution < -0.4 is 20.1 Å². The maximum atomic E-state index is 12.1. The highest BCUT2D eigenvalue weighted by Gasteiger charge is 2.12. The van der Waals surface area contributed by atoms with E-state index >= 15 is 0 Å². The van der Waals surface area contributed by atoms with E-state index in [0.29, 0.717) is 19.5 Å². The van der Waals surface area contributed by atoms with E-state index in [1.54, 1.807) is 18.2 Å². The van der Waals surface area contributed by atoms with Crippen LogP contribution in [-0.4, -0.2) is 36.8 Å². The Morgan fingerprint density at radius 1 is 0.676 bits per heavy atom. The summed E-state index contributed by atoms with van der Waals surface area (Å²) in [6.07, 6.45) is 1.43. The van der Waals surface area contributed by atoms with Crippen molar-refractivity contribution in [2.45, 2.75) is 53.4 Å². The fourth-order valence-electron chi connectivity index (χ4n) is 3.24. The zero-order valence-corrected chi connectivity index (χ0v) is 20.2. The summed E-state index contributed by atoms with van der Waals surface area (Å²) < 4.78 is 10.1. The van der Waals surface area contributed by atoms with E-state index in [1.807, 2.05) is 0 Å². The smallest absolute Gasteiger partial charge is 0.308 e. The normalized spacial score (nSPS) is 10.4. The Bertz CT molecular complexity index is 1050. The minimum Gasteiger partial charge on any atom is -0.423 e. The number of ether oxygens (including phenoxy) is 2. The average molecular weight is 469 g/mol. The summed E-state index contributed by atoms with van der Waals surface area (Å²) in [5, 5.41) is 5.62. The molecule has 2 amide bonds. The van der Waals surface area contributed by atoms with Gasteiger partial charge in [0.05, 0.1) is 0 Å². The van der Waals surface area contributed by atoms with Crippen molar-refractivity contribution in [3.63, 3.8) is 0 Å². The summed E-state index contributed by atoms with van der Waals surface area (Å²) in [7, 11) is 0. The molecule has 2 rings (SSSR count). The highest BCUT2D eigenvalue weighted by molar-refractivity contribution is 5.83. The second kappa shape index (κ2) is 13.1. The van der Waals surface area contributed by atoms with Gasteiger partial charge in [0.15, 0.2) is 11.5 Å². The lowest BCUT2D eigenvalue weighted by molar-refractivity contribution is -0.134. The molecule has 0 spiro atoms. The van der Waals surface area contributed by atoms with Gasteiger partial charge in [-0.1, -0.05) is 24.3 Å². The van der Waals surface area contributed by atoms with Crippen LogP contribution in [0.4, 0.5) is 0 Å². The van der Waals surface area contributed by atoms with Crippen molar-refractivity contribution in [2.24, 2.45) is 0 Å². The largest absolute Gasteiger partial charge is 0.423 e. The number of rotatable bonds is 11. The molecule has 0 aromatic heterocycles. The van der Waals surface area contributed by atoms with Crippen molar-refractivity contribution in [1.29, 1.82) is 0 Å². The molecular formula is C26H32N2O6. The van der Waals surface area contributed by atoms with Crippen molar-refractivity contribution >= 4 is 23.8 Å². The van der Waals surface area contributed by atoms with Gasteiger partial charge in [0.1, 0.15) is 0 Å². The summed E-state index contributed by atoms with van der Waals surface area (Å²) in [6.45, 7) is 7.51. The van der Waals surface area contributed by atoms with Gasteiger partial charge < -0.3 is 20.1 Å². The Hall–Kier alpha value is -3.68. The fraction of sp³-hybridized carbons (Fsp3) is 0.385. The number of esters is 2. The van der Waals surface area contributed by atoms with E-state index in [1.165, 1.54) is 30.5 Å². The van der Waals surface area contributed by atoms with Crippen molar-refractivity contribution in [3.8, 4) is 11.5 Å². The summed E-state index contributed by atoms with van der Waals surface area (Å²) in [4.78, 5) is 46.6. The molecule has 2 aromatic rings. The predicted molar refractivity (Wildman–Crippen MR) is 128 cm³/mol. The number of aryl methyl sites for hydroxylation is 2. The van der Waals surface area contributed by atoms with Crippen LogP contribution in [0.1, 0.15) is 48.9 Å². The van der Waals surface area contributed by atoms with E-state index in [-0.39, 0.29) is 36.2 Å². The first-order valence-electron chi connectivity index (χ1n) is 11.2. The molecule has 0 saturated heterocycles. The Balaban J connectivity index is 1.71. The quantitative estimate of drug-likeness (QED) is 0.388. The molecule has 0 unspecified atom stereocenters. The van der Waals surface area contributed by atoms with E-state index < -0.39 is 11.9 Å². The van der Waals surface area contributed by atoms with Crippen LogP contribution in [-0.2, 0) is 32.0 Å². The monoisotopic (exact) mass is 468 g/mol. The summed E-state index contributed by atoms with van der Waals surface area (Å²) in [6, 6.07) is 11.1. The minimum atomic E-state index is -0.536. The third-order valence-electron chi connectivity index (χ3n) is 5.14. The predicted octanol–water partition coefficient (Wildman–Crippen LogP) is 2.95. The number of carbonyl (C=O) groups excluding carboxylic acids is 4. The Morgan fingerprint density at radius 3 is 1.71 bits per heavy atom. The van der Waals surface area contributed by atoms with Crippen LogP contribution in [0.3, 0.4) is 0 Å². The average Bonchev–Trinajstić information content (AvgIpc) is 2.76. The maximum Gasteiger partial charge on any atom is 0.308 e. The molecule has 8 heteroatoms. The first kappa shape index (κ1) is 26.6. The molecule has 182 valence electrons. The molecule has 0 saturated carbocycles. The van der Waals surface area contributed by atoms with Crippen LogP contribution in [0.5, 0.6) is 11.5 Å². The van der Waals surface area contributed by atoms with Crippen LogP contribution in [0.2, 0.25) is 0 Å². The lowest BCUT2D eigenvalue weighted by atomic mass is 10.0. The summed E-state index contributed by atoms with van der Waals surface area (Å²) >= 11 is 0. The summed E-state index contributed by atoms with van der Waals surface area (Å²) in [5.41, 5.74) is 4.42. The molecular weight excluding hydrogens is 436 g/mol. The van der Waals surface area contributed by atoms with Crippen molar-refractivity contribution in [3.05, 3.63) is 58.7 Å². The van der Waals surface area contributed by atoms with Gasteiger partial charge in [0, 0.05) is 39.8 Å². The second-order valence-electron chi connectivity index (χ2n) is 8.09. The van der Waals surface area contributed by atoms with E-state index in [2.05, 4.69) is 42.7 Å². The Labute approximate surface area is 200 Å². The van der Waals surface area contributed by atoms with E-state index in [4.69, 9.17) is 9.47 Å². The van der Waals surface area contributed by atoms with Gasteiger partial charge in [0.25, 0.3) is 0 Å². The van der Waals surface area contributed by atoms with Crippen LogP contribution in [0.15, 0.2) is 36.4 Å². The molecule has 34 heavy (non-hydrogen) atoms. The standard InChI is InChI=1S/C26H32N2O6/c1-17-5-6-21(15-18(17)2)11-13-27-25(31)9-10-26(32)28-14-12-22-7-8-23(33-19(3)29)24(16-22)34-20(4)30/h5-8,15-16H,9-14H2,1-4H3,(H,27,31)(H,28,32). The van der Waals surface area contributed by atoms with Crippen LogP contribution >= 0.6 is 0 Å². The molecule has 2 N–H and O–H groups in total. The lowest BCUT2D eigenvalue weighted by Gasteiger charge is -2.11. The molecule has 0 bridgehead atoms. The molecule has 0 fully saturated rings. The zero-order valence-electron chi connectivity index (χ0n) is 20.2. The Morgan fingerprint density at radius 2 is 1.18 bits per heavy atom. The van der Waals surface area contributed by atoms with E-state index in [0.717, 1.165) is 12.0 Å². The van der Waals surface area contributed by atoms with Gasteiger partial charge in [-0.05, 0) is 61.1 Å². The topological polar surface area (TPSA) is 111 Å². The highest BCUT2D eigenvalue weighted by Crippen LogP contribution is 2.29. The van der Waals surface area contributed by atoms with E-state index in [9.17, 15) is 19.2 Å². The van der Waals surface area contributed by atoms with Crippen molar-refractivity contribution < 1.29 is 28.7 Å². The number of benzene rings is 2. The fourth-order valence-corrected chi connectivity index (χ4v) is 3.24. The minimum absolute atomic E-state index is 0.0968. The highest BCUT2D eigenvalue weighted by atomic mass is 16.6. The number of amides is 2. The number of nitrogens with one attached hydrogen (secondary N) is 2. The number of hydrogen-bond acceptors (Lipinski definition) is 6. The summed E-state index contributed by atoms with van der Waals surface area (Å²) in [5.74, 6) is -1.15. The van der Waals surface area contributed by atoms with Crippen molar-refractivity contribution in [1.82, 2.24) is 10.6 Å². The SMILES string of the molecule is CC(=O)Oc1ccc(CCNC(=O)CCC(=O)NCCc2ccc(C)c(C)c2)cc1OC(C)=O. The Kier molecular flexibility index (Phi) is 10.3. The second-order valence-corrected chi connectivity index (χ2v) is 8.09. The molecule has 0 heterocycles. The zero-order chi connectivity index (χ0) is 25.1. The lowest BCUT2D eigenvalue weighted by Crippen LogP contribution is -2.29. The molecule has 8 nitrogen and oxygen atoms in total. The third-order valence-corrected chi connectivity index (χ3v) is 5.14. The number of hydrogen-bond donors (Lipinski definition) is 2. The molecule has 0 radical (unpaired) electrons. The first-order valence-corrected chi connectivity index (χ1v) is 11.2. The maximum absolute atomic E-state index is 12.1.